The molecule has 0 saturated carbocycles. The number of benzene rings is 2. The van der Waals surface area contributed by atoms with E-state index >= 15 is 0 Å². The van der Waals surface area contributed by atoms with E-state index in [2.05, 4.69) is 54.8 Å². The molecule has 0 atom stereocenters. The summed E-state index contributed by atoms with van der Waals surface area (Å²) >= 11 is 3.58. The lowest BCUT2D eigenvalue weighted by atomic mass is 10.1. The molecule has 1 aromatic heterocycles. The van der Waals surface area contributed by atoms with E-state index in [1.165, 1.54) is 48.9 Å². The van der Waals surface area contributed by atoms with Crippen LogP contribution in [0.3, 0.4) is 0 Å². The Morgan fingerprint density at radius 2 is 1.69 bits per heavy atom. The van der Waals surface area contributed by atoms with Crippen molar-refractivity contribution < 1.29 is 0 Å². The molecule has 2 heterocycles. The highest BCUT2D eigenvalue weighted by atomic mass is 79.9. The molecule has 0 aliphatic carbocycles. The zero-order valence-electron chi connectivity index (χ0n) is 14.7. The summed E-state index contributed by atoms with van der Waals surface area (Å²) in [5, 5.41) is 4.24. The van der Waals surface area contributed by atoms with Crippen LogP contribution in [-0.2, 0) is 6.54 Å². The minimum absolute atomic E-state index is 0.465. The molecule has 0 N–H and O–H groups in total. The largest absolute Gasteiger partial charge is 0.339 e. The first-order valence-corrected chi connectivity index (χ1v) is 9.99. The first kappa shape index (κ1) is 17.4. The Morgan fingerprint density at radius 3 is 2.42 bits per heavy atom. The zero-order valence-corrected chi connectivity index (χ0v) is 16.3. The molecular weight excluding hydrogens is 390 g/mol. The van der Waals surface area contributed by atoms with Crippen LogP contribution in [0.1, 0.15) is 19.3 Å². The van der Waals surface area contributed by atoms with Crippen LogP contribution in [-0.4, -0.2) is 29.1 Å². The molecule has 0 bridgehead atoms. The van der Waals surface area contributed by atoms with Gasteiger partial charge in [-0.05, 0) is 73.1 Å². The van der Waals surface area contributed by atoms with Crippen molar-refractivity contribution in [3.63, 3.8) is 0 Å². The second kappa shape index (κ2) is 7.72. The number of fused-ring (bicyclic) bond motifs is 1. The van der Waals surface area contributed by atoms with Gasteiger partial charge in [0, 0.05) is 34.2 Å². The van der Waals surface area contributed by atoms with Crippen LogP contribution in [0, 0.1) is 4.91 Å². The molecular formula is C21H22BrN3O. The Hall–Kier alpha value is -1.98. The summed E-state index contributed by atoms with van der Waals surface area (Å²) in [5.74, 6) is 0. The van der Waals surface area contributed by atoms with Crippen LogP contribution < -0.4 is 0 Å². The van der Waals surface area contributed by atoms with E-state index in [1.807, 2.05) is 12.1 Å². The average Bonchev–Trinajstić information content (AvgIpc) is 3.04. The van der Waals surface area contributed by atoms with Gasteiger partial charge in [-0.1, -0.05) is 34.5 Å². The molecule has 0 radical (unpaired) electrons. The van der Waals surface area contributed by atoms with Crippen molar-refractivity contribution in [2.45, 2.75) is 25.8 Å². The Balaban J connectivity index is 1.70. The fourth-order valence-corrected chi connectivity index (χ4v) is 4.22. The third-order valence-electron chi connectivity index (χ3n) is 5.22. The van der Waals surface area contributed by atoms with E-state index in [-0.39, 0.29) is 0 Å². The molecule has 0 amide bonds. The molecule has 1 aliphatic heterocycles. The molecule has 4 rings (SSSR count). The average molecular weight is 412 g/mol. The predicted octanol–water partition coefficient (Wildman–Crippen LogP) is 5.95. The number of nitrogens with zero attached hydrogens (tertiary/aromatic N) is 3. The summed E-state index contributed by atoms with van der Waals surface area (Å²) in [5.41, 5.74) is 4.01. The lowest BCUT2D eigenvalue weighted by Gasteiger charge is -2.27. The summed E-state index contributed by atoms with van der Waals surface area (Å²) in [6, 6.07) is 16.2. The molecule has 4 nitrogen and oxygen atoms in total. The van der Waals surface area contributed by atoms with Crippen molar-refractivity contribution in [1.29, 1.82) is 0 Å². The smallest absolute Gasteiger partial charge is 0.108 e. The molecule has 0 unspecified atom stereocenters. The van der Waals surface area contributed by atoms with Gasteiger partial charge in [-0.15, -0.1) is 4.91 Å². The van der Waals surface area contributed by atoms with E-state index in [4.69, 9.17) is 0 Å². The molecule has 0 spiro atoms. The summed E-state index contributed by atoms with van der Waals surface area (Å²) in [4.78, 5) is 13.3. The van der Waals surface area contributed by atoms with Crippen molar-refractivity contribution in [2.24, 2.45) is 5.18 Å². The molecule has 1 fully saturated rings. The second-order valence-electron chi connectivity index (χ2n) is 6.92. The van der Waals surface area contributed by atoms with E-state index in [0.29, 0.717) is 5.69 Å². The van der Waals surface area contributed by atoms with Gasteiger partial charge >= 0.3 is 0 Å². The number of rotatable bonds is 5. The second-order valence-corrected chi connectivity index (χ2v) is 7.84. The monoisotopic (exact) mass is 411 g/mol. The number of hydrogen-bond donors (Lipinski definition) is 0. The van der Waals surface area contributed by atoms with Gasteiger partial charge in [0.25, 0.3) is 0 Å². The third-order valence-corrected chi connectivity index (χ3v) is 5.71. The molecule has 134 valence electrons. The highest BCUT2D eigenvalue weighted by molar-refractivity contribution is 9.10. The van der Waals surface area contributed by atoms with E-state index < -0.39 is 0 Å². The summed E-state index contributed by atoms with van der Waals surface area (Å²) in [6.07, 6.45) is 3.98. The zero-order chi connectivity index (χ0) is 17.9. The number of nitroso groups, excluding NO2 is 1. The van der Waals surface area contributed by atoms with Crippen molar-refractivity contribution in [1.82, 2.24) is 9.47 Å². The van der Waals surface area contributed by atoms with Gasteiger partial charge < -0.3 is 9.47 Å². The molecule has 26 heavy (non-hydrogen) atoms. The van der Waals surface area contributed by atoms with Crippen molar-refractivity contribution in [3.05, 3.63) is 57.9 Å². The third kappa shape index (κ3) is 3.60. The maximum absolute atomic E-state index is 10.7. The fraction of sp³-hybridized carbons (Fsp3) is 0.333. The van der Waals surface area contributed by atoms with Crippen LogP contribution >= 0.6 is 15.9 Å². The van der Waals surface area contributed by atoms with Gasteiger partial charge in [-0.3, -0.25) is 0 Å². The first-order chi connectivity index (χ1) is 12.7. The highest BCUT2D eigenvalue weighted by Crippen LogP contribution is 2.31. The molecule has 2 aromatic carbocycles. The van der Waals surface area contributed by atoms with Gasteiger partial charge in [0.1, 0.15) is 5.69 Å². The standard InChI is InChI=1S/C21H22BrN3O/c22-18-6-9-20-17(14-18)15-21(16-4-7-19(23-26)8-5-16)25(20)13-12-24-10-2-1-3-11-24/h4-9,14-15H,1-3,10-13H2. The fourth-order valence-electron chi connectivity index (χ4n) is 3.84. The van der Waals surface area contributed by atoms with Gasteiger partial charge in [0.15, 0.2) is 0 Å². The van der Waals surface area contributed by atoms with Crippen molar-refractivity contribution >= 4 is 32.5 Å². The molecule has 1 saturated heterocycles. The lowest BCUT2D eigenvalue weighted by Crippen LogP contribution is -2.32. The van der Waals surface area contributed by atoms with E-state index in [9.17, 15) is 4.91 Å². The number of piperidine rings is 1. The number of hydrogen-bond acceptors (Lipinski definition) is 3. The van der Waals surface area contributed by atoms with Gasteiger partial charge in [0.2, 0.25) is 0 Å². The molecule has 5 heteroatoms. The summed E-state index contributed by atoms with van der Waals surface area (Å²) in [7, 11) is 0. The number of likely N-dealkylation sites (tertiary alicyclic amines) is 1. The van der Waals surface area contributed by atoms with Gasteiger partial charge in [0.05, 0.1) is 0 Å². The maximum Gasteiger partial charge on any atom is 0.108 e. The van der Waals surface area contributed by atoms with Gasteiger partial charge in [-0.2, -0.15) is 0 Å². The quantitative estimate of drug-likeness (QED) is 0.486. The maximum atomic E-state index is 10.7. The van der Waals surface area contributed by atoms with Gasteiger partial charge in [-0.25, -0.2) is 0 Å². The Bertz CT molecular complexity index is 911. The van der Waals surface area contributed by atoms with Crippen molar-refractivity contribution in [3.8, 4) is 11.3 Å². The minimum atomic E-state index is 0.465. The number of halogens is 1. The lowest BCUT2D eigenvalue weighted by molar-refractivity contribution is 0.222. The van der Waals surface area contributed by atoms with Crippen LogP contribution in [0.2, 0.25) is 0 Å². The minimum Gasteiger partial charge on any atom is -0.339 e. The predicted molar refractivity (Wildman–Crippen MR) is 111 cm³/mol. The van der Waals surface area contributed by atoms with E-state index in [1.54, 1.807) is 12.1 Å². The first-order valence-electron chi connectivity index (χ1n) is 9.19. The highest BCUT2D eigenvalue weighted by Gasteiger charge is 2.14. The summed E-state index contributed by atoms with van der Waals surface area (Å²) in [6.45, 7) is 4.45. The number of aromatic nitrogens is 1. The topological polar surface area (TPSA) is 37.6 Å². The van der Waals surface area contributed by atoms with Crippen LogP contribution in [0.25, 0.3) is 22.2 Å². The summed E-state index contributed by atoms with van der Waals surface area (Å²) < 4.78 is 3.49. The Labute approximate surface area is 161 Å². The van der Waals surface area contributed by atoms with Crippen molar-refractivity contribution in [2.75, 3.05) is 19.6 Å². The van der Waals surface area contributed by atoms with Crippen LogP contribution in [0.4, 0.5) is 5.69 Å². The normalized spacial score (nSPS) is 15.4. The Kier molecular flexibility index (Phi) is 5.18. The molecule has 3 aromatic rings. The SMILES string of the molecule is O=Nc1ccc(-c2cc3cc(Br)ccc3n2CCN2CCCCC2)cc1. The Morgan fingerprint density at radius 1 is 0.923 bits per heavy atom. The van der Waals surface area contributed by atoms with E-state index in [0.717, 1.165) is 23.1 Å². The molecule has 1 aliphatic rings. The van der Waals surface area contributed by atoms with Crippen LogP contribution in [0.5, 0.6) is 0 Å². The van der Waals surface area contributed by atoms with Crippen LogP contribution in [0.15, 0.2) is 58.2 Å².